The Kier molecular flexibility index (Phi) is 6.12. The van der Waals surface area contributed by atoms with Crippen LogP contribution in [0.5, 0.6) is 0 Å². The molecule has 0 bridgehead atoms. The third-order valence-electron chi connectivity index (χ3n) is 2.71. The van der Waals surface area contributed by atoms with Crippen molar-refractivity contribution < 1.29 is 23.1 Å². The highest BCUT2D eigenvalue weighted by Gasteiger charge is 2.17. The van der Waals surface area contributed by atoms with Crippen molar-refractivity contribution in [2.45, 2.75) is 25.2 Å². The first-order valence-corrected chi connectivity index (χ1v) is 7.78. The molecule has 0 atom stereocenters. The number of nitrogens with one attached hydrogen (secondary N) is 1. The quantitative estimate of drug-likeness (QED) is 0.708. The summed E-state index contributed by atoms with van der Waals surface area (Å²) >= 11 is 0. The highest BCUT2D eigenvalue weighted by molar-refractivity contribution is 7.89. The van der Waals surface area contributed by atoms with Gasteiger partial charge in [0.25, 0.3) is 0 Å². The summed E-state index contributed by atoms with van der Waals surface area (Å²) in [6, 6.07) is 4.05. The molecule has 0 saturated heterocycles. The maximum Gasteiger partial charge on any atom is 0.335 e. The lowest BCUT2D eigenvalue weighted by Gasteiger charge is -2.08. The van der Waals surface area contributed by atoms with Crippen molar-refractivity contribution in [3.8, 4) is 0 Å². The molecule has 112 valence electrons. The average Bonchev–Trinajstić information content (AvgIpc) is 2.38. The van der Waals surface area contributed by atoms with Gasteiger partial charge in [0.1, 0.15) is 0 Å². The van der Waals surface area contributed by atoms with Crippen LogP contribution in [-0.2, 0) is 14.8 Å². The van der Waals surface area contributed by atoms with E-state index in [0.29, 0.717) is 25.2 Å². The van der Waals surface area contributed by atoms with Crippen molar-refractivity contribution >= 4 is 16.0 Å². The molecule has 7 heteroatoms. The molecule has 0 aromatic heterocycles. The maximum absolute atomic E-state index is 12.0. The van der Waals surface area contributed by atoms with Gasteiger partial charge in [-0.05, 0) is 38.0 Å². The summed E-state index contributed by atoms with van der Waals surface area (Å²) in [6.45, 7) is 4.80. The Bertz CT molecular complexity index is 568. The zero-order valence-corrected chi connectivity index (χ0v) is 12.4. The summed E-state index contributed by atoms with van der Waals surface area (Å²) in [5.74, 6) is -1.14. The van der Waals surface area contributed by atoms with Crippen LogP contribution in [0.4, 0.5) is 0 Å². The molecule has 0 heterocycles. The van der Waals surface area contributed by atoms with Crippen molar-refractivity contribution in [2.75, 3.05) is 19.8 Å². The zero-order valence-electron chi connectivity index (χ0n) is 11.5. The second kappa shape index (κ2) is 7.37. The van der Waals surface area contributed by atoms with E-state index in [4.69, 9.17) is 9.84 Å². The van der Waals surface area contributed by atoms with Crippen LogP contribution in [0.25, 0.3) is 0 Å². The molecule has 0 aliphatic carbocycles. The third kappa shape index (κ3) is 4.59. The Hall–Kier alpha value is -1.44. The first-order chi connectivity index (χ1) is 9.38. The Labute approximate surface area is 118 Å². The zero-order chi connectivity index (χ0) is 15.2. The molecule has 0 amide bonds. The van der Waals surface area contributed by atoms with Gasteiger partial charge in [-0.3, -0.25) is 0 Å². The lowest BCUT2D eigenvalue weighted by molar-refractivity contribution is 0.0696. The molecule has 0 radical (unpaired) electrons. The molecule has 1 rings (SSSR count). The van der Waals surface area contributed by atoms with Gasteiger partial charge in [-0.2, -0.15) is 0 Å². The Morgan fingerprint density at radius 1 is 1.40 bits per heavy atom. The number of rotatable bonds is 8. The molecule has 1 aromatic carbocycles. The van der Waals surface area contributed by atoms with E-state index < -0.39 is 16.0 Å². The van der Waals surface area contributed by atoms with Gasteiger partial charge in [-0.15, -0.1) is 0 Å². The highest BCUT2D eigenvalue weighted by Crippen LogP contribution is 2.15. The predicted octanol–water partition coefficient (Wildman–Crippen LogP) is 1.40. The van der Waals surface area contributed by atoms with E-state index in [-0.39, 0.29) is 17.0 Å². The molecule has 0 spiro atoms. The number of carboxylic acid groups (broad SMARTS) is 1. The largest absolute Gasteiger partial charge is 0.478 e. The summed E-state index contributed by atoms with van der Waals surface area (Å²) < 4.78 is 31.5. The van der Waals surface area contributed by atoms with Crippen molar-refractivity contribution in [3.05, 3.63) is 29.3 Å². The van der Waals surface area contributed by atoms with Gasteiger partial charge in [-0.25, -0.2) is 17.9 Å². The van der Waals surface area contributed by atoms with E-state index in [0.717, 1.165) is 0 Å². The minimum atomic E-state index is -3.69. The monoisotopic (exact) mass is 301 g/mol. The molecule has 0 fully saturated rings. The van der Waals surface area contributed by atoms with Crippen molar-refractivity contribution in [2.24, 2.45) is 0 Å². The van der Waals surface area contributed by atoms with Crippen LogP contribution >= 0.6 is 0 Å². The summed E-state index contributed by atoms with van der Waals surface area (Å²) in [6.07, 6.45) is 0.560. The van der Waals surface area contributed by atoms with Crippen LogP contribution in [0.15, 0.2) is 23.1 Å². The maximum atomic E-state index is 12.0. The van der Waals surface area contributed by atoms with E-state index >= 15 is 0 Å². The number of benzene rings is 1. The topological polar surface area (TPSA) is 92.7 Å². The first kappa shape index (κ1) is 16.6. The van der Waals surface area contributed by atoms with Crippen molar-refractivity contribution in [1.29, 1.82) is 0 Å². The number of hydrogen-bond acceptors (Lipinski definition) is 4. The molecule has 2 N–H and O–H groups in total. The minimum absolute atomic E-state index is 0.0119. The number of carboxylic acids is 1. The Morgan fingerprint density at radius 3 is 2.70 bits per heavy atom. The summed E-state index contributed by atoms with van der Waals surface area (Å²) in [4.78, 5) is 11.0. The summed E-state index contributed by atoms with van der Waals surface area (Å²) in [7, 11) is -3.69. The second-order valence-electron chi connectivity index (χ2n) is 4.23. The fraction of sp³-hybridized carbons (Fsp3) is 0.462. The number of hydrogen-bond donors (Lipinski definition) is 2. The molecular formula is C13H19NO5S. The average molecular weight is 301 g/mol. The van der Waals surface area contributed by atoms with Gasteiger partial charge in [0.2, 0.25) is 10.0 Å². The van der Waals surface area contributed by atoms with Gasteiger partial charge in [-0.1, -0.05) is 6.07 Å². The van der Waals surface area contributed by atoms with Crippen LogP contribution in [-0.4, -0.2) is 39.3 Å². The van der Waals surface area contributed by atoms with Crippen LogP contribution in [0.1, 0.15) is 29.3 Å². The van der Waals surface area contributed by atoms with Gasteiger partial charge in [0, 0.05) is 19.8 Å². The lowest BCUT2D eigenvalue weighted by atomic mass is 10.1. The molecule has 0 aliphatic rings. The van der Waals surface area contributed by atoms with Gasteiger partial charge in [0.15, 0.2) is 0 Å². The second-order valence-corrected chi connectivity index (χ2v) is 6.00. The predicted molar refractivity (Wildman–Crippen MR) is 74.4 cm³/mol. The molecular weight excluding hydrogens is 282 g/mol. The number of aryl methyl sites for hydroxylation is 1. The minimum Gasteiger partial charge on any atom is -0.478 e. The van der Waals surface area contributed by atoms with Gasteiger partial charge < -0.3 is 9.84 Å². The van der Waals surface area contributed by atoms with Gasteiger partial charge in [0.05, 0.1) is 10.5 Å². The molecule has 6 nitrogen and oxygen atoms in total. The van der Waals surface area contributed by atoms with E-state index in [2.05, 4.69) is 4.72 Å². The normalized spacial score (nSPS) is 11.5. The van der Waals surface area contributed by atoms with Crippen LogP contribution < -0.4 is 4.72 Å². The van der Waals surface area contributed by atoms with Gasteiger partial charge >= 0.3 is 5.97 Å². The fourth-order valence-corrected chi connectivity index (χ4v) is 2.71. The van der Waals surface area contributed by atoms with Crippen molar-refractivity contribution in [3.63, 3.8) is 0 Å². The molecule has 0 unspecified atom stereocenters. The first-order valence-electron chi connectivity index (χ1n) is 6.30. The lowest BCUT2D eigenvalue weighted by Crippen LogP contribution is -2.26. The summed E-state index contributed by atoms with van der Waals surface area (Å²) in [5, 5.41) is 9.00. The third-order valence-corrected chi connectivity index (χ3v) is 4.17. The standard InChI is InChI=1S/C13H19NO5S/c1-3-19-8-4-7-14-20(17,18)11-6-5-10(2)12(9-11)13(15)16/h5-6,9,14H,3-4,7-8H2,1-2H3,(H,15,16). The Morgan fingerprint density at radius 2 is 2.10 bits per heavy atom. The van der Waals surface area contributed by atoms with E-state index in [9.17, 15) is 13.2 Å². The van der Waals surface area contributed by atoms with E-state index in [1.165, 1.54) is 18.2 Å². The molecule has 0 saturated carbocycles. The number of aromatic carboxylic acids is 1. The summed E-state index contributed by atoms with van der Waals surface area (Å²) in [5.41, 5.74) is 0.509. The number of sulfonamides is 1. The van der Waals surface area contributed by atoms with E-state index in [1.807, 2.05) is 6.92 Å². The smallest absolute Gasteiger partial charge is 0.335 e. The fourth-order valence-electron chi connectivity index (χ4n) is 1.61. The van der Waals surface area contributed by atoms with Crippen LogP contribution in [0, 0.1) is 6.92 Å². The number of carbonyl (C=O) groups is 1. The Balaban J connectivity index is 2.77. The SMILES string of the molecule is CCOCCCNS(=O)(=O)c1ccc(C)c(C(=O)O)c1. The van der Waals surface area contributed by atoms with Crippen molar-refractivity contribution in [1.82, 2.24) is 4.72 Å². The highest BCUT2D eigenvalue weighted by atomic mass is 32.2. The van der Waals surface area contributed by atoms with Crippen LogP contribution in [0.3, 0.4) is 0 Å². The molecule has 1 aromatic rings. The molecule has 0 aliphatic heterocycles. The van der Waals surface area contributed by atoms with E-state index in [1.54, 1.807) is 6.92 Å². The molecule has 20 heavy (non-hydrogen) atoms. The number of ether oxygens (including phenoxy) is 1. The van der Waals surface area contributed by atoms with Crippen LogP contribution in [0.2, 0.25) is 0 Å².